The van der Waals surface area contributed by atoms with E-state index in [1.54, 1.807) is 7.11 Å². The SMILES string of the molecule is COCCCNC(=O)C(C)NC(C)c1ccc(C)o1. The van der Waals surface area contributed by atoms with Crippen molar-refractivity contribution in [1.29, 1.82) is 0 Å². The van der Waals surface area contributed by atoms with Crippen LogP contribution in [0.1, 0.15) is 37.8 Å². The molecule has 1 heterocycles. The largest absolute Gasteiger partial charge is 0.465 e. The molecule has 19 heavy (non-hydrogen) atoms. The lowest BCUT2D eigenvalue weighted by molar-refractivity contribution is -0.123. The lowest BCUT2D eigenvalue weighted by Crippen LogP contribution is -2.43. The lowest BCUT2D eigenvalue weighted by atomic mass is 10.2. The van der Waals surface area contributed by atoms with Crippen molar-refractivity contribution in [3.63, 3.8) is 0 Å². The van der Waals surface area contributed by atoms with Gasteiger partial charge in [-0.1, -0.05) is 0 Å². The van der Waals surface area contributed by atoms with E-state index in [-0.39, 0.29) is 18.0 Å². The fraction of sp³-hybridized carbons (Fsp3) is 0.643. The summed E-state index contributed by atoms with van der Waals surface area (Å²) >= 11 is 0. The van der Waals surface area contributed by atoms with Crippen LogP contribution in [0.25, 0.3) is 0 Å². The molecule has 1 amide bonds. The monoisotopic (exact) mass is 268 g/mol. The summed E-state index contributed by atoms with van der Waals surface area (Å²) in [6.07, 6.45) is 0.821. The van der Waals surface area contributed by atoms with Crippen LogP contribution in [0.5, 0.6) is 0 Å². The minimum atomic E-state index is -0.261. The van der Waals surface area contributed by atoms with Gasteiger partial charge < -0.3 is 14.5 Å². The molecule has 0 aliphatic carbocycles. The number of furan rings is 1. The van der Waals surface area contributed by atoms with Crippen molar-refractivity contribution in [3.8, 4) is 0 Å². The van der Waals surface area contributed by atoms with Crippen molar-refractivity contribution < 1.29 is 13.9 Å². The van der Waals surface area contributed by atoms with Crippen LogP contribution in [-0.4, -0.2) is 32.2 Å². The minimum absolute atomic E-state index is 0.00780. The van der Waals surface area contributed by atoms with Gasteiger partial charge in [0.25, 0.3) is 0 Å². The molecule has 0 aliphatic heterocycles. The molecule has 1 aromatic rings. The zero-order valence-electron chi connectivity index (χ0n) is 12.2. The first kappa shape index (κ1) is 15.7. The molecule has 5 heteroatoms. The maximum Gasteiger partial charge on any atom is 0.236 e. The van der Waals surface area contributed by atoms with E-state index in [1.807, 2.05) is 32.9 Å². The number of aryl methyl sites for hydroxylation is 1. The molecule has 2 atom stereocenters. The maximum atomic E-state index is 11.8. The van der Waals surface area contributed by atoms with Gasteiger partial charge in [0, 0.05) is 20.3 Å². The van der Waals surface area contributed by atoms with Gasteiger partial charge in [-0.2, -0.15) is 0 Å². The van der Waals surface area contributed by atoms with Crippen LogP contribution in [0, 0.1) is 6.92 Å². The van der Waals surface area contributed by atoms with Crippen LogP contribution in [0.2, 0.25) is 0 Å². The average Bonchev–Trinajstić information content (AvgIpc) is 2.81. The zero-order chi connectivity index (χ0) is 14.3. The van der Waals surface area contributed by atoms with Gasteiger partial charge in [0.15, 0.2) is 0 Å². The molecule has 2 N–H and O–H groups in total. The first-order valence-corrected chi connectivity index (χ1v) is 6.63. The Hall–Kier alpha value is -1.33. The highest BCUT2D eigenvalue weighted by molar-refractivity contribution is 5.81. The molecule has 0 fully saturated rings. The van der Waals surface area contributed by atoms with E-state index >= 15 is 0 Å². The highest BCUT2D eigenvalue weighted by Crippen LogP contribution is 2.15. The Morgan fingerprint density at radius 3 is 2.74 bits per heavy atom. The fourth-order valence-electron chi connectivity index (χ4n) is 1.80. The van der Waals surface area contributed by atoms with Gasteiger partial charge in [-0.3, -0.25) is 10.1 Å². The topological polar surface area (TPSA) is 63.5 Å². The van der Waals surface area contributed by atoms with E-state index in [4.69, 9.17) is 9.15 Å². The van der Waals surface area contributed by atoms with Gasteiger partial charge in [0.1, 0.15) is 11.5 Å². The number of nitrogens with one attached hydrogen (secondary N) is 2. The number of rotatable bonds is 8. The van der Waals surface area contributed by atoms with Crippen molar-refractivity contribution in [2.75, 3.05) is 20.3 Å². The van der Waals surface area contributed by atoms with Crippen molar-refractivity contribution >= 4 is 5.91 Å². The zero-order valence-corrected chi connectivity index (χ0v) is 12.2. The first-order chi connectivity index (χ1) is 9.04. The molecular formula is C14H24N2O3. The van der Waals surface area contributed by atoms with Gasteiger partial charge in [-0.15, -0.1) is 0 Å². The Balaban J connectivity index is 2.33. The molecule has 0 saturated carbocycles. The Kier molecular flexibility index (Phi) is 6.59. The first-order valence-electron chi connectivity index (χ1n) is 6.63. The summed E-state index contributed by atoms with van der Waals surface area (Å²) in [5.74, 6) is 1.71. The van der Waals surface area contributed by atoms with E-state index in [1.165, 1.54) is 0 Å². The number of hydrogen-bond donors (Lipinski definition) is 2. The molecule has 1 rings (SSSR count). The number of amides is 1. The van der Waals surface area contributed by atoms with Gasteiger partial charge in [0.2, 0.25) is 5.91 Å². The molecule has 1 aromatic heterocycles. The second-order valence-electron chi connectivity index (χ2n) is 4.70. The van der Waals surface area contributed by atoms with Crippen LogP contribution in [0.3, 0.4) is 0 Å². The van der Waals surface area contributed by atoms with Gasteiger partial charge >= 0.3 is 0 Å². The molecule has 0 spiro atoms. The predicted molar refractivity (Wildman–Crippen MR) is 74.0 cm³/mol. The molecule has 0 bridgehead atoms. The Bertz CT molecular complexity index is 390. The number of carbonyl (C=O) groups is 1. The van der Waals surface area contributed by atoms with E-state index in [0.29, 0.717) is 13.2 Å². The summed E-state index contributed by atoms with van der Waals surface area (Å²) in [5.41, 5.74) is 0. The molecular weight excluding hydrogens is 244 g/mol. The summed E-state index contributed by atoms with van der Waals surface area (Å²) in [4.78, 5) is 11.8. The van der Waals surface area contributed by atoms with E-state index in [9.17, 15) is 4.79 Å². The third-order valence-corrected chi connectivity index (χ3v) is 2.91. The quantitative estimate of drug-likeness (QED) is 0.705. The Morgan fingerprint density at radius 2 is 2.16 bits per heavy atom. The van der Waals surface area contributed by atoms with E-state index in [0.717, 1.165) is 17.9 Å². The summed E-state index contributed by atoms with van der Waals surface area (Å²) < 4.78 is 10.5. The minimum Gasteiger partial charge on any atom is -0.465 e. The maximum absolute atomic E-state index is 11.8. The highest BCUT2D eigenvalue weighted by Gasteiger charge is 2.17. The molecule has 0 aromatic carbocycles. The third-order valence-electron chi connectivity index (χ3n) is 2.91. The third kappa shape index (κ3) is 5.44. The van der Waals surface area contributed by atoms with Crippen molar-refractivity contribution in [3.05, 3.63) is 23.7 Å². The second-order valence-corrected chi connectivity index (χ2v) is 4.70. The van der Waals surface area contributed by atoms with Crippen LogP contribution in [0.4, 0.5) is 0 Å². The highest BCUT2D eigenvalue weighted by atomic mass is 16.5. The average molecular weight is 268 g/mol. The number of hydrogen-bond acceptors (Lipinski definition) is 4. The molecule has 0 radical (unpaired) electrons. The summed E-state index contributed by atoms with van der Waals surface area (Å²) in [6.45, 7) is 7.02. The number of methoxy groups -OCH3 is 1. The normalized spacial score (nSPS) is 14.1. The van der Waals surface area contributed by atoms with Crippen molar-refractivity contribution in [1.82, 2.24) is 10.6 Å². The lowest BCUT2D eigenvalue weighted by Gasteiger charge is -2.18. The molecule has 0 saturated heterocycles. The Labute approximate surface area is 114 Å². The summed E-state index contributed by atoms with van der Waals surface area (Å²) in [6, 6.07) is 3.59. The number of ether oxygens (including phenoxy) is 1. The van der Waals surface area contributed by atoms with Gasteiger partial charge in [-0.25, -0.2) is 0 Å². The molecule has 5 nitrogen and oxygen atoms in total. The van der Waals surface area contributed by atoms with Gasteiger partial charge in [0.05, 0.1) is 12.1 Å². The molecule has 2 unspecified atom stereocenters. The van der Waals surface area contributed by atoms with Crippen LogP contribution >= 0.6 is 0 Å². The van der Waals surface area contributed by atoms with Crippen LogP contribution < -0.4 is 10.6 Å². The second kappa shape index (κ2) is 7.96. The van der Waals surface area contributed by atoms with E-state index < -0.39 is 0 Å². The van der Waals surface area contributed by atoms with Crippen molar-refractivity contribution in [2.24, 2.45) is 0 Å². The van der Waals surface area contributed by atoms with Crippen molar-refractivity contribution in [2.45, 2.75) is 39.3 Å². The summed E-state index contributed by atoms with van der Waals surface area (Å²) in [7, 11) is 1.65. The number of carbonyl (C=O) groups excluding carboxylic acids is 1. The van der Waals surface area contributed by atoms with Gasteiger partial charge in [-0.05, 0) is 39.3 Å². The summed E-state index contributed by atoms with van der Waals surface area (Å²) in [5, 5.41) is 6.08. The molecule has 0 aliphatic rings. The smallest absolute Gasteiger partial charge is 0.236 e. The predicted octanol–water partition coefficient (Wildman–Crippen LogP) is 1.78. The van der Waals surface area contributed by atoms with Crippen LogP contribution in [0.15, 0.2) is 16.5 Å². The Morgan fingerprint density at radius 1 is 1.42 bits per heavy atom. The van der Waals surface area contributed by atoms with Crippen LogP contribution in [-0.2, 0) is 9.53 Å². The van der Waals surface area contributed by atoms with E-state index in [2.05, 4.69) is 10.6 Å². The fourth-order valence-corrected chi connectivity index (χ4v) is 1.80. The standard InChI is InChI=1S/C14H24N2O3/c1-10-6-7-13(19-10)11(2)16-12(3)14(17)15-8-5-9-18-4/h6-7,11-12,16H,5,8-9H2,1-4H3,(H,15,17). The molecule has 108 valence electrons.